The molecule has 4 aromatic rings. The standard InChI is InChI=1S/C29H20ClN5O5/c30-18-12-11-15(14-22(18)35(39)40)33-26(37)23-21-10-5-13-32(21)29(24(23)27(33)38)17-7-2-4-9-20(17)34-25(36)16-6-1-3-8-19(16)31-28(29)34/h1-4,6-9,11-12,14,21,23-24H,5,10,13H2/t21-,23+,24-,29-/m0/s1. The van der Waals surface area contributed by atoms with Gasteiger partial charge >= 0.3 is 0 Å². The molecule has 4 atom stereocenters. The molecule has 0 aliphatic carbocycles. The third-order valence-corrected chi connectivity index (χ3v) is 9.34. The Bertz CT molecular complexity index is 1910. The number of nitro groups is 1. The van der Waals surface area contributed by atoms with E-state index in [9.17, 15) is 24.5 Å². The van der Waals surface area contributed by atoms with Gasteiger partial charge in [-0.25, -0.2) is 9.88 Å². The first-order chi connectivity index (χ1) is 19.4. The number of carbonyl (C=O) groups is 2. The van der Waals surface area contributed by atoms with E-state index in [1.165, 1.54) is 18.2 Å². The van der Waals surface area contributed by atoms with Crippen LogP contribution < -0.4 is 10.5 Å². The minimum Gasteiger partial charge on any atom is -0.283 e. The van der Waals surface area contributed by atoms with Gasteiger partial charge in [-0.05, 0) is 49.7 Å². The Morgan fingerprint density at radius 2 is 1.77 bits per heavy atom. The fraction of sp³-hybridized carbons (Fsp3) is 0.241. The number of aromatic nitrogens is 2. The van der Waals surface area contributed by atoms with Crippen LogP contribution >= 0.6 is 11.6 Å². The van der Waals surface area contributed by atoms with Crippen LogP contribution in [-0.4, -0.2) is 43.8 Å². The lowest BCUT2D eigenvalue weighted by Gasteiger charge is -2.38. The van der Waals surface area contributed by atoms with Crippen LogP contribution in [0.2, 0.25) is 5.02 Å². The van der Waals surface area contributed by atoms with E-state index in [0.717, 1.165) is 16.9 Å². The van der Waals surface area contributed by atoms with Crippen molar-refractivity contribution in [1.29, 1.82) is 0 Å². The predicted octanol–water partition coefficient (Wildman–Crippen LogP) is 3.79. The lowest BCUT2D eigenvalue weighted by molar-refractivity contribution is -0.384. The number of halogens is 1. The highest BCUT2D eigenvalue weighted by Gasteiger charge is 2.73. The molecule has 8 rings (SSSR count). The van der Waals surface area contributed by atoms with E-state index in [1.54, 1.807) is 22.8 Å². The Morgan fingerprint density at radius 3 is 2.60 bits per heavy atom. The minimum absolute atomic E-state index is 0.0828. The van der Waals surface area contributed by atoms with E-state index in [4.69, 9.17) is 16.6 Å². The Morgan fingerprint density at radius 1 is 1.00 bits per heavy atom. The van der Waals surface area contributed by atoms with Crippen LogP contribution in [0.3, 0.4) is 0 Å². The number of benzene rings is 3. The fourth-order valence-electron chi connectivity index (χ4n) is 7.65. The van der Waals surface area contributed by atoms with E-state index >= 15 is 0 Å². The zero-order valence-corrected chi connectivity index (χ0v) is 21.6. The predicted molar refractivity (Wildman–Crippen MR) is 145 cm³/mol. The number of rotatable bonds is 2. The summed E-state index contributed by atoms with van der Waals surface area (Å²) in [4.78, 5) is 61.8. The molecular weight excluding hydrogens is 534 g/mol. The molecule has 0 bridgehead atoms. The molecule has 3 aromatic carbocycles. The van der Waals surface area contributed by atoms with E-state index < -0.39 is 34.1 Å². The molecule has 198 valence electrons. The molecule has 1 spiro atoms. The van der Waals surface area contributed by atoms with E-state index in [1.807, 2.05) is 30.3 Å². The summed E-state index contributed by atoms with van der Waals surface area (Å²) in [6.07, 6.45) is 1.53. The average Bonchev–Trinajstić information content (AvgIpc) is 3.66. The van der Waals surface area contributed by atoms with Gasteiger partial charge in [0.2, 0.25) is 11.8 Å². The second-order valence-electron chi connectivity index (χ2n) is 10.7. The van der Waals surface area contributed by atoms with Crippen molar-refractivity contribution in [2.75, 3.05) is 11.4 Å². The number of hydrogen-bond donors (Lipinski definition) is 0. The van der Waals surface area contributed by atoms with Crippen LogP contribution in [0.4, 0.5) is 11.4 Å². The van der Waals surface area contributed by atoms with Gasteiger partial charge < -0.3 is 0 Å². The van der Waals surface area contributed by atoms with Gasteiger partial charge in [-0.15, -0.1) is 0 Å². The van der Waals surface area contributed by atoms with Crippen molar-refractivity contribution in [2.45, 2.75) is 24.4 Å². The van der Waals surface area contributed by atoms with Crippen molar-refractivity contribution in [3.8, 4) is 5.69 Å². The molecule has 1 aromatic heterocycles. The van der Waals surface area contributed by atoms with Gasteiger partial charge in [0, 0.05) is 17.7 Å². The zero-order chi connectivity index (χ0) is 27.5. The van der Waals surface area contributed by atoms with Gasteiger partial charge in [0.1, 0.15) is 16.4 Å². The summed E-state index contributed by atoms with van der Waals surface area (Å²) < 4.78 is 1.60. The number of imide groups is 1. The number of nitrogens with zero attached hydrogens (tertiary/aromatic N) is 5. The van der Waals surface area contributed by atoms with Crippen LogP contribution in [0.25, 0.3) is 16.6 Å². The lowest BCUT2D eigenvalue weighted by Crippen LogP contribution is -2.51. The van der Waals surface area contributed by atoms with Gasteiger partial charge in [0.25, 0.3) is 11.2 Å². The summed E-state index contributed by atoms with van der Waals surface area (Å²) in [5, 5.41) is 12.0. The highest BCUT2D eigenvalue weighted by molar-refractivity contribution is 6.33. The van der Waals surface area contributed by atoms with Crippen molar-refractivity contribution in [3.05, 3.63) is 104 Å². The van der Waals surface area contributed by atoms with Crippen molar-refractivity contribution in [2.24, 2.45) is 11.8 Å². The molecule has 5 heterocycles. The number of para-hydroxylation sites is 2. The molecule has 3 saturated heterocycles. The van der Waals surface area contributed by atoms with E-state index in [2.05, 4.69) is 4.90 Å². The maximum Gasteiger partial charge on any atom is 0.289 e. The van der Waals surface area contributed by atoms with Gasteiger partial charge in [0.05, 0.1) is 39.0 Å². The zero-order valence-electron chi connectivity index (χ0n) is 20.9. The Balaban J connectivity index is 1.41. The molecule has 0 saturated carbocycles. The molecule has 4 aliphatic rings. The summed E-state index contributed by atoms with van der Waals surface area (Å²) in [6, 6.07) is 18.3. The van der Waals surface area contributed by atoms with Crippen molar-refractivity contribution < 1.29 is 14.5 Å². The normalized spacial score (nSPS) is 26.4. The van der Waals surface area contributed by atoms with E-state index in [0.29, 0.717) is 35.4 Å². The van der Waals surface area contributed by atoms with Gasteiger partial charge in [0.15, 0.2) is 0 Å². The smallest absolute Gasteiger partial charge is 0.283 e. The van der Waals surface area contributed by atoms with Crippen LogP contribution in [0.1, 0.15) is 24.2 Å². The first-order valence-electron chi connectivity index (χ1n) is 13.1. The molecule has 0 N–H and O–H groups in total. The van der Waals surface area contributed by atoms with Crippen LogP contribution in [0.15, 0.2) is 71.5 Å². The molecule has 0 radical (unpaired) electrons. The monoisotopic (exact) mass is 553 g/mol. The molecule has 11 heteroatoms. The first kappa shape index (κ1) is 23.5. The van der Waals surface area contributed by atoms with Crippen molar-refractivity contribution >= 4 is 45.7 Å². The van der Waals surface area contributed by atoms with Gasteiger partial charge in [-0.2, -0.15) is 0 Å². The quantitative estimate of drug-likeness (QED) is 0.210. The summed E-state index contributed by atoms with van der Waals surface area (Å²) in [5.74, 6) is -2.01. The van der Waals surface area contributed by atoms with Gasteiger partial charge in [-0.1, -0.05) is 41.9 Å². The number of carbonyl (C=O) groups excluding carboxylic acids is 2. The minimum atomic E-state index is -1.15. The average molecular weight is 554 g/mol. The van der Waals surface area contributed by atoms with Crippen LogP contribution in [-0.2, 0) is 15.1 Å². The molecule has 10 nitrogen and oxygen atoms in total. The fourth-order valence-corrected chi connectivity index (χ4v) is 7.83. The topological polar surface area (TPSA) is 119 Å². The molecule has 4 aliphatic heterocycles. The maximum atomic E-state index is 14.5. The maximum absolute atomic E-state index is 14.5. The highest BCUT2D eigenvalue weighted by Crippen LogP contribution is 2.62. The van der Waals surface area contributed by atoms with Crippen LogP contribution in [0.5, 0.6) is 0 Å². The third-order valence-electron chi connectivity index (χ3n) is 9.02. The lowest BCUT2D eigenvalue weighted by atomic mass is 9.75. The molecule has 3 fully saturated rings. The summed E-state index contributed by atoms with van der Waals surface area (Å²) in [6.45, 7) is 0.641. The SMILES string of the molecule is O=C1[C@H]2[C@@H](C(=O)N1c1ccc(Cl)c([N+](=O)[O-])c1)[C@]1(c3ccccc3-n3c1nc1ccccc1c3=O)N1CCC[C@@H]21. The number of hydrogen-bond acceptors (Lipinski definition) is 7. The first-order valence-corrected chi connectivity index (χ1v) is 13.4. The second-order valence-corrected chi connectivity index (χ2v) is 11.1. The third kappa shape index (κ3) is 2.62. The van der Waals surface area contributed by atoms with E-state index in [-0.39, 0.29) is 28.0 Å². The number of nitro benzene ring substituents is 1. The van der Waals surface area contributed by atoms with Crippen molar-refractivity contribution in [1.82, 2.24) is 14.5 Å². The van der Waals surface area contributed by atoms with Gasteiger partial charge in [-0.3, -0.25) is 34.0 Å². The van der Waals surface area contributed by atoms with Crippen molar-refractivity contribution in [3.63, 3.8) is 0 Å². The Labute approximate surface area is 231 Å². The number of fused-ring (bicyclic) bond motifs is 11. The van der Waals surface area contributed by atoms with Crippen LogP contribution in [0, 0.1) is 22.0 Å². The summed E-state index contributed by atoms with van der Waals surface area (Å²) >= 11 is 6.04. The highest BCUT2D eigenvalue weighted by atomic mass is 35.5. The summed E-state index contributed by atoms with van der Waals surface area (Å²) in [5.41, 5.74) is 0.275. The number of anilines is 1. The second kappa shape index (κ2) is 7.83. The Kier molecular flexibility index (Phi) is 4.60. The largest absolute Gasteiger partial charge is 0.289 e. The summed E-state index contributed by atoms with van der Waals surface area (Å²) in [7, 11) is 0. The number of amides is 2. The molecule has 0 unspecified atom stereocenters. The molecule has 40 heavy (non-hydrogen) atoms. The molecule has 2 amide bonds. The Hall–Kier alpha value is -4.41. The molecular formula is C29H20ClN5O5.